The average molecular weight is 394 g/mol. The van der Waals surface area contributed by atoms with Crippen molar-refractivity contribution >= 4 is 23.6 Å². The Labute approximate surface area is 171 Å². The maximum Gasteiger partial charge on any atom is 0.331 e. The second kappa shape index (κ2) is 9.78. The summed E-state index contributed by atoms with van der Waals surface area (Å²) in [6, 6.07) is 17.5. The molecule has 2 aromatic carbocycles. The summed E-state index contributed by atoms with van der Waals surface area (Å²) in [5.74, 6) is -0.00357. The molecule has 6 nitrogen and oxygen atoms in total. The van der Waals surface area contributed by atoms with Crippen molar-refractivity contribution in [1.29, 1.82) is 0 Å². The van der Waals surface area contributed by atoms with E-state index in [1.165, 1.54) is 6.08 Å². The summed E-state index contributed by atoms with van der Waals surface area (Å²) in [6.45, 7) is 4.34. The molecule has 1 aliphatic heterocycles. The van der Waals surface area contributed by atoms with Crippen LogP contribution in [0.15, 0.2) is 60.7 Å². The lowest BCUT2D eigenvalue weighted by Gasteiger charge is -2.36. The normalized spacial score (nSPS) is 15.2. The second-order valence-electron chi connectivity index (χ2n) is 6.84. The molecule has 0 saturated carbocycles. The maximum atomic E-state index is 12.6. The molecule has 29 heavy (non-hydrogen) atoms. The van der Waals surface area contributed by atoms with E-state index >= 15 is 0 Å². The monoisotopic (exact) mass is 394 g/mol. The largest absolute Gasteiger partial charge is 0.497 e. The van der Waals surface area contributed by atoms with Crippen molar-refractivity contribution in [3.63, 3.8) is 0 Å². The number of anilines is 1. The topological polar surface area (TPSA) is 59.1 Å². The Morgan fingerprint density at radius 3 is 2.41 bits per heavy atom. The molecule has 1 heterocycles. The van der Waals surface area contributed by atoms with E-state index in [4.69, 9.17) is 9.47 Å². The Morgan fingerprint density at radius 2 is 1.72 bits per heavy atom. The first-order valence-corrected chi connectivity index (χ1v) is 9.68. The quantitative estimate of drug-likeness (QED) is 0.557. The van der Waals surface area contributed by atoms with Crippen LogP contribution in [0, 0.1) is 0 Å². The van der Waals surface area contributed by atoms with Gasteiger partial charge in [0.25, 0.3) is 5.91 Å². The highest BCUT2D eigenvalue weighted by Crippen LogP contribution is 2.17. The summed E-state index contributed by atoms with van der Waals surface area (Å²) in [6.07, 6.45) is 2.15. The zero-order valence-corrected chi connectivity index (χ0v) is 16.8. The zero-order valence-electron chi connectivity index (χ0n) is 16.8. The van der Waals surface area contributed by atoms with Gasteiger partial charge in [-0.05, 0) is 42.8 Å². The Hall–Kier alpha value is -3.28. The highest BCUT2D eigenvalue weighted by atomic mass is 16.5. The van der Waals surface area contributed by atoms with Crippen LogP contribution in [0.3, 0.4) is 0 Å². The smallest absolute Gasteiger partial charge is 0.331 e. The zero-order chi connectivity index (χ0) is 20.6. The van der Waals surface area contributed by atoms with Crippen LogP contribution in [0.25, 0.3) is 6.08 Å². The predicted molar refractivity (Wildman–Crippen MR) is 113 cm³/mol. The van der Waals surface area contributed by atoms with Crippen LogP contribution in [0.4, 0.5) is 5.69 Å². The molecule has 1 saturated heterocycles. The van der Waals surface area contributed by atoms with Crippen molar-refractivity contribution in [2.24, 2.45) is 0 Å². The molecule has 0 aliphatic carbocycles. The fraction of sp³-hybridized carbons (Fsp3) is 0.304. The SMILES string of the molecule is COc1cccc(/C=C/C(=O)OC(C)C(=O)N2CCN(c3ccccc3)CC2)c1. The number of benzene rings is 2. The van der Waals surface area contributed by atoms with Crippen molar-refractivity contribution in [3.8, 4) is 5.75 Å². The molecule has 0 radical (unpaired) electrons. The first-order chi connectivity index (χ1) is 14.1. The number of carbonyl (C=O) groups excluding carboxylic acids is 2. The van der Waals surface area contributed by atoms with Crippen LogP contribution in [-0.2, 0) is 14.3 Å². The van der Waals surface area contributed by atoms with Gasteiger partial charge in [0.05, 0.1) is 7.11 Å². The number of nitrogens with zero attached hydrogens (tertiary/aromatic N) is 2. The van der Waals surface area contributed by atoms with Crippen molar-refractivity contribution < 1.29 is 19.1 Å². The van der Waals surface area contributed by atoms with Gasteiger partial charge in [0.15, 0.2) is 6.10 Å². The minimum atomic E-state index is -0.819. The fourth-order valence-electron chi connectivity index (χ4n) is 3.25. The summed E-state index contributed by atoms with van der Waals surface area (Å²) in [5, 5.41) is 0. The van der Waals surface area contributed by atoms with E-state index in [1.54, 1.807) is 25.0 Å². The lowest BCUT2D eigenvalue weighted by Crippen LogP contribution is -2.51. The molecule has 3 rings (SSSR count). The van der Waals surface area contributed by atoms with Gasteiger partial charge in [0.1, 0.15) is 5.75 Å². The summed E-state index contributed by atoms with van der Waals surface area (Å²) in [7, 11) is 1.59. The van der Waals surface area contributed by atoms with E-state index in [-0.39, 0.29) is 5.91 Å². The van der Waals surface area contributed by atoms with Crippen molar-refractivity contribution in [2.45, 2.75) is 13.0 Å². The third kappa shape index (κ3) is 5.60. The van der Waals surface area contributed by atoms with E-state index in [9.17, 15) is 9.59 Å². The third-order valence-electron chi connectivity index (χ3n) is 4.86. The Bertz CT molecular complexity index is 858. The molecule has 0 spiro atoms. The minimum absolute atomic E-state index is 0.166. The van der Waals surface area contributed by atoms with Gasteiger partial charge in [-0.3, -0.25) is 4.79 Å². The van der Waals surface area contributed by atoms with Crippen LogP contribution in [0.2, 0.25) is 0 Å². The number of hydrogen-bond donors (Lipinski definition) is 0. The molecule has 152 valence electrons. The summed E-state index contributed by atoms with van der Waals surface area (Å²) in [4.78, 5) is 28.7. The number of para-hydroxylation sites is 1. The Morgan fingerprint density at radius 1 is 1.00 bits per heavy atom. The molecule has 1 fully saturated rings. The van der Waals surface area contributed by atoms with Gasteiger partial charge in [0.2, 0.25) is 0 Å². The molecule has 1 unspecified atom stereocenters. The van der Waals surface area contributed by atoms with Crippen LogP contribution in [0.5, 0.6) is 5.75 Å². The molecule has 6 heteroatoms. The Kier molecular flexibility index (Phi) is 6.89. The molecule has 0 N–H and O–H groups in total. The van der Waals surface area contributed by atoms with Crippen LogP contribution >= 0.6 is 0 Å². The van der Waals surface area contributed by atoms with Crippen molar-refractivity contribution in [1.82, 2.24) is 4.90 Å². The average Bonchev–Trinajstić information content (AvgIpc) is 2.78. The standard InChI is InChI=1S/C23H26N2O4/c1-18(29-22(26)12-11-19-7-6-10-21(17-19)28-2)23(27)25-15-13-24(14-16-25)20-8-4-3-5-9-20/h3-12,17-18H,13-16H2,1-2H3/b12-11+. The van der Waals surface area contributed by atoms with Gasteiger partial charge >= 0.3 is 5.97 Å². The fourth-order valence-corrected chi connectivity index (χ4v) is 3.25. The number of carbonyl (C=O) groups is 2. The lowest BCUT2D eigenvalue weighted by atomic mass is 10.2. The van der Waals surface area contributed by atoms with Crippen molar-refractivity contribution in [2.75, 3.05) is 38.2 Å². The molecule has 1 atom stereocenters. The summed E-state index contributed by atoms with van der Waals surface area (Å²) < 4.78 is 10.5. The minimum Gasteiger partial charge on any atom is -0.497 e. The first-order valence-electron chi connectivity index (χ1n) is 9.68. The number of esters is 1. The molecule has 2 aromatic rings. The third-order valence-corrected chi connectivity index (χ3v) is 4.86. The maximum absolute atomic E-state index is 12.6. The molecular formula is C23H26N2O4. The van der Waals surface area contributed by atoms with Gasteiger partial charge in [0, 0.05) is 37.9 Å². The predicted octanol–water partition coefficient (Wildman–Crippen LogP) is 2.99. The van der Waals surface area contributed by atoms with Gasteiger partial charge in [-0.15, -0.1) is 0 Å². The number of ether oxygens (including phenoxy) is 2. The molecular weight excluding hydrogens is 368 g/mol. The number of hydrogen-bond acceptors (Lipinski definition) is 5. The summed E-state index contributed by atoms with van der Waals surface area (Å²) >= 11 is 0. The van der Waals surface area contributed by atoms with Crippen LogP contribution < -0.4 is 9.64 Å². The summed E-state index contributed by atoms with van der Waals surface area (Å²) in [5.41, 5.74) is 1.97. The van der Waals surface area contributed by atoms with E-state index in [0.717, 1.165) is 24.3 Å². The van der Waals surface area contributed by atoms with Crippen LogP contribution in [-0.4, -0.2) is 56.2 Å². The van der Waals surface area contributed by atoms with Gasteiger partial charge < -0.3 is 19.3 Å². The van der Waals surface area contributed by atoms with Crippen molar-refractivity contribution in [3.05, 3.63) is 66.2 Å². The van der Waals surface area contributed by atoms with Crippen LogP contribution in [0.1, 0.15) is 12.5 Å². The molecule has 0 bridgehead atoms. The lowest BCUT2D eigenvalue weighted by molar-refractivity contribution is -0.155. The van der Waals surface area contributed by atoms with E-state index in [2.05, 4.69) is 17.0 Å². The number of rotatable bonds is 6. The molecule has 0 aromatic heterocycles. The number of amides is 1. The van der Waals surface area contributed by atoms with E-state index < -0.39 is 12.1 Å². The van der Waals surface area contributed by atoms with E-state index in [1.807, 2.05) is 42.5 Å². The highest BCUT2D eigenvalue weighted by molar-refractivity contribution is 5.90. The first kappa shape index (κ1) is 20.5. The van der Waals surface area contributed by atoms with Gasteiger partial charge in [-0.2, -0.15) is 0 Å². The van der Waals surface area contributed by atoms with Gasteiger partial charge in [-0.1, -0.05) is 30.3 Å². The van der Waals surface area contributed by atoms with E-state index in [0.29, 0.717) is 18.8 Å². The molecule has 1 aliphatic rings. The molecule has 1 amide bonds. The Balaban J connectivity index is 1.48. The number of piperazine rings is 1. The second-order valence-corrected chi connectivity index (χ2v) is 6.84. The van der Waals surface area contributed by atoms with Gasteiger partial charge in [-0.25, -0.2) is 4.79 Å². The highest BCUT2D eigenvalue weighted by Gasteiger charge is 2.26. The number of methoxy groups -OCH3 is 1.